The summed E-state index contributed by atoms with van der Waals surface area (Å²) in [7, 11) is 0. The highest BCUT2D eigenvalue weighted by Gasteiger charge is 2.16. The van der Waals surface area contributed by atoms with Gasteiger partial charge in [-0.25, -0.2) is 0 Å². The average molecular weight is 429 g/mol. The van der Waals surface area contributed by atoms with Gasteiger partial charge in [-0.15, -0.1) is 0 Å². The molecular formula is C24H52N4O2. The highest BCUT2D eigenvalue weighted by molar-refractivity contribution is 4.72. The van der Waals surface area contributed by atoms with Gasteiger partial charge in [0.1, 0.15) is 0 Å². The number of hydrogen-bond donors (Lipinski definition) is 2. The van der Waals surface area contributed by atoms with Crippen molar-refractivity contribution in [3.05, 3.63) is 0 Å². The topological polar surface area (TPSA) is 53.4 Å². The predicted molar refractivity (Wildman–Crippen MR) is 128 cm³/mol. The Hall–Kier alpha value is -0.240. The van der Waals surface area contributed by atoms with Crippen LogP contribution in [0.15, 0.2) is 0 Å². The van der Waals surface area contributed by atoms with Crippen LogP contribution in [0.5, 0.6) is 0 Å². The molecule has 2 rings (SSSR count). The van der Waals surface area contributed by atoms with E-state index in [1.165, 1.54) is 77.8 Å². The second-order valence-corrected chi connectivity index (χ2v) is 9.41. The average Bonchev–Trinajstić information content (AvgIpc) is 2.74. The number of nitrogens with zero attached hydrogens (tertiary/aromatic N) is 4. The molecule has 0 aromatic rings. The smallest absolute Gasteiger partial charge is 0.0558 e. The lowest BCUT2D eigenvalue weighted by molar-refractivity contribution is 0.111. The number of hydrogen-bond acceptors (Lipinski definition) is 6. The van der Waals surface area contributed by atoms with Gasteiger partial charge in [0.05, 0.1) is 13.2 Å². The van der Waals surface area contributed by atoms with Gasteiger partial charge in [0.15, 0.2) is 0 Å². The minimum Gasteiger partial charge on any atom is -0.395 e. The van der Waals surface area contributed by atoms with Gasteiger partial charge in [0.2, 0.25) is 0 Å². The Morgan fingerprint density at radius 3 is 1.33 bits per heavy atom. The van der Waals surface area contributed by atoms with Gasteiger partial charge in [-0.05, 0) is 38.3 Å². The lowest BCUT2D eigenvalue weighted by Gasteiger charge is -2.34. The van der Waals surface area contributed by atoms with Crippen molar-refractivity contribution in [1.29, 1.82) is 0 Å². The van der Waals surface area contributed by atoms with Crippen molar-refractivity contribution in [3.63, 3.8) is 0 Å². The molecule has 2 aliphatic heterocycles. The van der Waals surface area contributed by atoms with E-state index in [0.29, 0.717) is 13.2 Å². The molecule has 0 spiro atoms. The van der Waals surface area contributed by atoms with E-state index in [0.717, 1.165) is 45.2 Å². The van der Waals surface area contributed by atoms with E-state index in [4.69, 9.17) is 10.2 Å². The van der Waals surface area contributed by atoms with Gasteiger partial charge in [-0.3, -0.25) is 9.80 Å². The van der Waals surface area contributed by atoms with Crippen molar-refractivity contribution in [2.75, 3.05) is 91.8 Å². The van der Waals surface area contributed by atoms with Crippen LogP contribution >= 0.6 is 0 Å². The summed E-state index contributed by atoms with van der Waals surface area (Å²) in [5, 5.41) is 17.7. The lowest BCUT2D eigenvalue weighted by atomic mass is 10.1. The van der Waals surface area contributed by atoms with E-state index >= 15 is 0 Å². The zero-order valence-electron chi connectivity index (χ0n) is 20.4. The zero-order valence-corrected chi connectivity index (χ0v) is 20.4. The molecule has 2 aliphatic rings. The van der Waals surface area contributed by atoms with Gasteiger partial charge >= 0.3 is 0 Å². The molecule has 0 saturated carbocycles. The molecule has 2 heterocycles. The van der Waals surface area contributed by atoms with Crippen LogP contribution in [0.4, 0.5) is 0 Å². The van der Waals surface area contributed by atoms with E-state index in [2.05, 4.69) is 40.4 Å². The Kier molecular flexibility index (Phi) is 17.0. The first-order chi connectivity index (χ1) is 14.6. The summed E-state index contributed by atoms with van der Waals surface area (Å²) >= 11 is 0. The maximum Gasteiger partial charge on any atom is 0.0558 e. The van der Waals surface area contributed by atoms with Gasteiger partial charge in [-0.1, -0.05) is 40.0 Å². The molecule has 2 fully saturated rings. The third kappa shape index (κ3) is 13.9. The maximum atomic E-state index is 8.83. The summed E-state index contributed by atoms with van der Waals surface area (Å²) in [5.41, 5.74) is 0. The third-order valence-electron chi connectivity index (χ3n) is 6.35. The first-order valence-corrected chi connectivity index (χ1v) is 12.7. The SMILES string of the molecule is CC(C)CCCN1CCN(CCO)CC1.CCCCCCN1CCN(CCO)CC1. The number of aliphatic hydroxyl groups excluding tert-OH is 2. The van der Waals surface area contributed by atoms with Crippen molar-refractivity contribution >= 4 is 0 Å². The van der Waals surface area contributed by atoms with Crippen LogP contribution in [0.1, 0.15) is 59.3 Å². The van der Waals surface area contributed by atoms with Crippen molar-refractivity contribution < 1.29 is 10.2 Å². The van der Waals surface area contributed by atoms with Crippen LogP contribution in [0, 0.1) is 5.92 Å². The van der Waals surface area contributed by atoms with E-state index < -0.39 is 0 Å². The molecule has 0 aliphatic carbocycles. The monoisotopic (exact) mass is 428 g/mol. The first kappa shape index (κ1) is 27.8. The second kappa shape index (κ2) is 18.3. The number of piperazine rings is 2. The second-order valence-electron chi connectivity index (χ2n) is 9.41. The van der Waals surface area contributed by atoms with Crippen molar-refractivity contribution in [3.8, 4) is 0 Å². The Bertz CT molecular complexity index is 365. The highest BCUT2D eigenvalue weighted by atomic mass is 16.3. The normalized spacial score (nSPS) is 19.8. The van der Waals surface area contributed by atoms with Crippen LogP contribution in [0.25, 0.3) is 0 Å². The molecular weight excluding hydrogens is 376 g/mol. The van der Waals surface area contributed by atoms with Crippen LogP contribution < -0.4 is 0 Å². The van der Waals surface area contributed by atoms with Gasteiger partial charge < -0.3 is 20.0 Å². The molecule has 0 unspecified atom stereocenters. The molecule has 0 bridgehead atoms. The molecule has 2 saturated heterocycles. The minimum atomic E-state index is 0.299. The molecule has 30 heavy (non-hydrogen) atoms. The molecule has 0 radical (unpaired) electrons. The summed E-state index contributed by atoms with van der Waals surface area (Å²) < 4.78 is 0. The third-order valence-corrected chi connectivity index (χ3v) is 6.35. The summed E-state index contributed by atoms with van der Waals surface area (Å²) in [6, 6.07) is 0. The molecule has 0 atom stereocenters. The van der Waals surface area contributed by atoms with E-state index in [-0.39, 0.29) is 0 Å². The van der Waals surface area contributed by atoms with E-state index in [1.807, 2.05) is 0 Å². The number of unbranched alkanes of at least 4 members (excludes halogenated alkanes) is 3. The van der Waals surface area contributed by atoms with Gasteiger partial charge in [-0.2, -0.15) is 0 Å². The standard InChI is InChI=1S/2C12H26N2O/c1-12(2)4-3-5-13-6-8-14(9-7-13)10-11-15;1-2-3-4-5-6-13-7-9-14(10-8-13)11-12-15/h12,15H,3-11H2,1-2H3;15H,2-12H2,1H3. The van der Waals surface area contributed by atoms with E-state index in [1.54, 1.807) is 0 Å². The first-order valence-electron chi connectivity index (χ1n) is 12.7. The summed E-state index contributed by atoms with van der Waals surface area (Å²) in [5.74, 6) is 0.834. The van der Waals surface area contributed by atoms with E-state index in [9.17, 15) is 0 Å². The minimum absolute atomic E-state index is 0.299. The lowest BCUT2D eigenvalue weighted by Crippen LogP contribution is -2.47. The Morgan fingerprint density at radius 1 is 0.567 bits per heavy atom. The predicted octanol–water partition coefficient (Wildman–Crippen LogP) is 2.21. The van der Waals surface area contributed by atoms with Gasteiger partial charge in [0.25, 0.3) is 0 Å². The Labute approximate surface area is 187 Å². The molecule has 0 aromatic heterocycles. The number of rotatable bonds is 13. The van der Waals surface area contributed by atoms with Crippen molar-refractivity contribution in [1.82, 2.24) is 19.6 Å². The van der Waals surface area contributed by atoms with Crippen LogP contribution in [0.3, 0.4) is 0 Å². The molecule has 0 aromatic carbocycles. The molecule has 6 heteroatoms. The Balaban J connectivity index is 0.000000300. The molecule has 2 N–H and O–H groups in total. The fraction of sp³-hybridized carbons (Fsp3) is 1.00. The summed E-state index contributed by atoms with van der Waals surface area (Å²) in [4.78, 5) is 9.81. The quantitative estimate of drug-likeness (QED) is 0.439. The van der Waals surface area contributed by atoms with Crippen LogP contribution in [-0.2, 0) is 0 Å². The summed E-state index contributed by atoms with van der Waals surface area (Å²) in [6.45, 7) is 20.9. The fourth-order valence-electron chi connectivity index (χ4n) is 4.24. The summed E-state index contributed by atoms with van der Waals surface area (Å²) in [6.07, 6.45) is 8.12. The van der Waals surface area contributed by atoms with Gasteiger partial charge in [0, 0.05) is 65.4 Å². The molecule has 6 nitrogen and oxygen atoms in total. The zero-order chi connectivity index (χ0) is 22.0. The van der Waals surface area contributed by atoms with Crippen LogP contribution in [0.2, 0.25) is 0 Å². The Morgan fingerprint density at radius 2 is 0.967 bits per heavy atom. The van der Waals surface area contributed by atoms with Crippen molar-refractivity contribution in [2.45, 2.75) is 59.3 Å². The molecule has 180 valence electrons. The largest absolute Gasteiger partial charge is 0.395 e. The fourth-order valence-corrected chi connectivity index (χ4v) is 4.24. The maximum absolute atomic E-state index is 8.83. The number of β-amino-alcohol motifs (C(OH)–C–C–N with tert-alkyl or cyclic N) is 2. The number of aliphatic hydroxyl groups is 2. The highest BCUT2D eigenvalue weighted by Crippen LogP contribution is 2.07. The van der Waals surface area contributed by atoms with Crippen molar-refractivity contribution in [2.24, 2.45) is 5.92 Å². The van der Waals surface area contributed by atoms with Crippen LogP contribution in [-0.4, -0.2) is 122 Å². The molecule has 0 amide bonds.